The SMILES string of the molecule is CC(=O)NCC1CCCN(c2ccc([N+](=O)[O-])cc2C(N)=O)C1. The maximum atomic E-state index is 11.7. The zero-order valence-corrected chi connectivity index (χ0v) is 12.9. The second-order valence-electron chi connectivity index (χ2n) is 5.71. The van der Waals surface area contributed by atoms with Gasteiger partial charge in [-0.05, 0) is 24.8 Å². The van der Waals surface area contributed by atoms with E-state index in [1.54, 1.807) is 6.07 Å². The molecule has 0 spiro atoms. The van der Waals surface area contributed by atoms with Crippen LogP contribution in [-0.2, 0) is 4.79 Å². The normalized spacial score (nSPS) is 17.6. The number of hydrogen-bond acceptors (Lipinski definition) is 5. The summed E-state index contributed by atoms with van der Waals surface area (Å²) in [5.41, 5.74) is 5.98. The fourth-order valence-corrected chi connectivity index (χ4v) is 2.85. The van der Waals surface area contributed by atoms with E-state index in [1.807, 2.05) is 4.90 Å². The number of carbonyl (C=O) groups excluding carboxylic acids is 2. The van der Waals surface area contributed by atoms with Crippen molar-refractivity contribution in [1.82, 2.24) is 5.32 Å². The molecule has 1 aromatic carbocycles. The molecular formula is C15H20N4O4. The number of hydrogen-bond donors (Lipinski definition) is 2. The van der Waals surface area contributed by atoms with Gasteiger partial charge in [-0.1, -0.05) is 0 Å². The average Bonchev–Trinajstić information content (AvgIpc) is 2.52. The lowest BCUT2D eigenvalue weighted by atomic mass is 9.96. The van der Waals surface area contributed by atoms with E-state index in [0.717, 1.165) is 19.4 Å². The summed E-state index contributed by atoms with van der Waals surface area (Å²) >= 11 is 0. The van der Waals surface area contributed by atoms with Gasteiger partial charge in [-0.25, -0.2) is 0 Å². The summed E-state index contributed by atoms with van der Waals surface area (Å²) in [5, 5.41) is 13.7. The van der Waals surface area contributed by atoms with Gasteiger partial charge in [0.15, 0.2) is 0 Å². The summed E-state index contributed by atoms with van der Waals surface area (Å²) in [6.07, 6.45) is 1.90. The Labute approximate surface area is 133 Å². The van der Waals surface area contributed by atoms with E-state index in [2.05, 4.69) is 5.32 Å². The molecule has 1 aliphatic rings. The highest BCUT2D eigenvalue weighted by Gasteiger charge is 2.24. The number of primary amides is 1. The van der Waals surface area contributed by atoms with Crippen LogP contribution in [0.5, 0.6) is 0 Å². The molecule has 1 aliphatic heterocycles. The third kappa shape index (κ3) is 4.18. The van der Waals surface area contributed by atoms with Crippen molar-refractivity contribution < 1.29 is 14.5 Å². The molecule has 0 bridgehead atoms. The third-order valence-corrected chi connectivity index (χ3v) is 3.96. The molecule has 0 saturated carbocycles. The summed E-state index contributed by atoms with van der Waals surface area (Å²) in [7, 11) is 0. The smallest absolute Gasteiger partial charge is 0.270 e. The Morgan fingerprint density at radius 2 is 2.22 bits per heavy atom. The monoisotopic (exact) mass is 320 g/mol. The number of non-ortho nitro benzene ring substituents is 1. The first-order valence-corrected chi connectivity index (χ1v) is 7.46. The molecule has 8 nitrogen and oxygen atoms in total. The first-order chi connectivity index (χ1) is 10.9. The Morgan fingerprint density at radius 1 is 1.48 bits per heavy atom. The molecule has 1 heterocycles. The number of nitro groups is 1. The molecule has 3 N–H and O–H groups in total. The van der Waals surface area contributed by atoms with Crippen LogP contribution in [0, 0.1) is 16.0 Å². The van der Waals surface area contributed by atoms with Gasteiger partial charge in [0.1, 0.15) is 0 Å². The topological polar surface area (TPSA) is 119 Å². The summed E-state index contributed by atoms with van der Waals surface area (Å²) in [4.78, 5) is 35.0. The van der Waals surface area contributed by atoms with Crippen LogP contribution in [0.25, 0.3) is 0 Å². The van der Waals surface area contributed by atoms with E-state index in [0.29, 0.717) is 18.8 Å². The molecule has 0 aromatic heterocycles. The Hall–Kier alpha value is -2.64. The van der Waals surface area contributed by atoms with Gasteiger partial charge in [0.25, 0.3) is 11.6 Å². The van der Waals surface area contributed by atoms with Crippen molar-refractivity contribution in [3.63, 3.8) is 0 Å². The van der Waals surface area contributed by atoms with Crippen molar-refractivity contribution in [3.8, 4) is 0 Å². The molecule has 23 heavy (non-hydrogen) atoms. The van der Waals surface area contributed by atoms with Gasteiger partial charge in [0.05, 0.1) is 16.2 Å². The Morgan fingerprint density at radius 3 is 2.83 bits per heavy atom. The van der Waals surface area contributed by atoms with Crippen LogP contribution in [0.3, 0.4) is 0 Å². The predicted octanol–water partition coefficient (Wildman–Crippen LogP) is 1.05. The molecular weight excluding hydrogens is 300 g/mol. The minimum Gasteiger partial charge on any atom is -0.371 e. The van der Waals surface area contributed by atoms with Crippen molar-refractivity contribution in [2.24, 2.45) is 11.7 Å². The first kappa shape index (κ1) is 16.7. The number of nitrogens with zero attached hydrogens (tertiary/aromatic N) is 2. The van der Waals surface area contributed by atoms with Gasteiger partial charge in [-0.3, -0.25) is 19.7 Å². The van der Waals surface area contributed by atoms with E-state index in [4.69, 9.17) is 5.73 Å². The zero-order valence-electron chi connectivity index (χ0n) is 12.9. The number of nitrogens with two attached hydrogens (primary N) is 1. The highest BCUT2D eigenvalue weighted by molar-refractivity contribution is 5.99. The minimum atomic E-state index is -0.687. The quantitative estimate of drug-likeness (QED) is 0.621. The Kier molecular flexibility index (Phi) is 5.15. The predicted molar refractivity (Wildman–Crippen MR) is 85.2 cm³/mol. The second kappa shape index (κ2) is 7.08. The maximum absolute atomic E-state index is 11.7. The lowest BCUT2D eigenvalue weighted by Gasteiger charge is -2.35. The summed E-state index contributed by atoms with van der Waals surface area (Å²) in [6.45, 7) is 3.46. The summed E-state index contributed by atoms with van der Waals surface area (Å²) < 4.78 is 0. The number of rotatable bonds is 5. The molecule has 1 fully saturated rings. The number of anilines is 1. The van der Waals surface area contributed by atoms with E-state index in [-0.39, 0.29) is 23.1 Å². The maximum Gasteiger partial charge on any atom is 0.270 e. The van der Waals surface area contributed by atoms with Crippen LogP contribution in [0.1, 0.15) is 30.1 Å². The van der Waals surface area contributed by atoms with Crippen molar-refractivity contribution in [3.05, 3.63) is 33.9 Å². The van der Waals surface area contributed by atoms with Gasteiger partial charge in [-0.2, -0.15) is 0 Å². The molecule has 1 atom stereocenters. The largest absolute Gasteiger partial charge is 0.371 e. The van der Waals surface area contributed by atoms with Crippen molar-refractivity contribution in [2.45, 2.75) is 19.8 Å². The van der Waals surface area contributed by atoms with Crippen molar-refractivity contribution in [2.75, 3.05) is 24.5 Å². The average molecular weight is 320 g/mol. The van der Waals surface area contributed by atoms with Crippen LogP contribution in [-0.4, -0.2) is 36.4 Å². The lowest BCUT2D eigenvalue weighted by molar-refractivity contribution is -0.384. The molecule has 2 rings (SSSR count). The van der Waals surface area contributed by atoms with Crippen molar-refractivity contribution in [1.29, 1.82) is 0 Å². The van der Waals surface area contributed by atoms with Crippen LogP contribution in [0.15, 0.2) is 18.2 Å². The van der Waals surface area contributed by atoms with Gasteiger partial charge < -0.3 is 16.0 Å². The number of benzene rings is 1. The molecule has 124 valence electrons. The Bertz CT molecular complexity index is 632. The highest BCUT2D eigenvalue weighted by atomic mass is 16.6. The van der Waals surface area contributed by atoms with Crippen LogP contribution in [0.2, 0.25) is 0 Å². The van der Waals surface area contributed by atoms with Gasteiger partial charge >= 0.3 is 0 Å². The number of nitrogens with one attached hydrogen (secondary N) is 1. The number of piperidine rings is 1. The molecule has 1 aromatic rings. The molecule has 0 aliphatic carbocycles. The van der Waals surface area contributed by atoms with Gasteiger partial charge in [0, 0.05) is 38.7 Å². The minimum absolute atomic E-state index is 0.0738. The van der Waals surface area contributed by atoms with Crippen LogP contribution >= 0.6 is 0 Å². The van der Waals surface area contributed by atoms with Crippen molar-refractivity contribution >= 4 is 23.2 Å². The lowest BCUT2D eigenvalue weighted by Crippen LogP contribution is -2.41. The van der Waals surface area contributed by atoms with E-state index >= 15 is 0 Å². The van der Waals surface area contributed by atoms with Crippen LogP contribution < -0.4 is 16.0 Å². The number of carbonyl (C=O) groups is 2. The summed E-state index contributed by atoms with van der Waals surface area (Å²) in [6, 6.07) is 4.16. The molecule has 1 unspecified atom stereocenters. The molecule has 1 saturated heterocycles. The van der Waals surface area contributed by atoms with Crippen LogP contribution in [0.4, 0.5) is 11.4 Å². The molecule has 0 radical (unpaired) electrons. The highest BCUT2D eigenvalue weighted by Crippen LogP contribution is 2.29. The molecule has 8 heteroatoms. The van der Waals surface area contributed by atoms with E-state index in [9.17, 15) is 19.7 Å². The Balaban J connectivity index is 2.21. The van der Waals surface area contributed by atoms with Gasteiger partial charge in [-0.15, -0.1) is 0 Å². The third-order valence-electron chi connectivity index (χ3n) is 3.96. The number of nitro benzene ring substituents is 1. The first-order valence-electron chi connectivity index (χ1n) is 7.46. The fourth-order valence-electron chi connectivity index (χ4n) is 2.85. The standard InChI is InChI=1S/C15H20N4O4/c1-10(20)17-8-11-3-2-6-18(9-11)14-5-4-12(19(22)23)7-13(14)15(16)21/h4-5,7,11H,2-3,6,8-9H2,1H3,(H2,16,21)(H,17,20). The zero-order chi connectivity index (χ0) is 17.0. The summed E-state index contributed by atoms with van der Waals surface area (Å²) in [5.74, 6) is -0.494. The fraction of sp³-hybridized carbons (Fsp3) is 0.467. The van der Waals surface area contributed by atoms with E-state index < -0.39 is 10.8 Å². The number of amides is 2. The van der Waals surface area contributed by atoms with Gasteiger partial charge in [0.2, 0.25) is 5.91 Å². The second-order valence-corrected chi connectivity index (χ2v) is 5.71. The molecule has 2 amide bonds. The van der Waals surface area contributed by atoms with E-state index in [1.165, 1.54) is 19.1 Å².